The van der Waals surface area contributed by atoms with Gasteiger partial charge in [-0.05, 0) is 43.2 Å². The highest BCUT2D eigenvalue weighted by Crippen LogP contribution is 2.24. The second-order valence-corrected chi connectivity index (χ2v) is 6.58. The molecule has 124 valence electrons. The average Bonchev–Trinajstić information content (AvgIpc) is 2.83. The van der Waals surface area contributed by atoms with Crippen LogP contribution in [0.5, 0.6) is 0 Å². The Kier molecular flexibility index (Phi) is 4.78. The Hall–Kier alpha value is -2.04. The Bertz CT molecular complexity index is 898. The third-order valence-electron chi connectivity index (χ3n) is 3.66. The number of carbonyl (C=O) groups is 1. The standard InChI is InChI=1S/C18H17Cl2N3O/c1-3-4-15-17(23-10-11(2)5-6-16(23)22-15)18(24)21-14-8-12(19)7-13(20)9-14/h5-10H,3-4H2,1-2H3,(H,21,24). The van der Waals surface area contributed by atoms with Gasteiger partial charge in [-0.1, -0.05) is 42.6 Å². The smallest absolute Gasteiger partial charge is 0.274 e. The molecule has 0 aliphatic rings. The maximum Gasteiger partial charge on any atom is 0.274 e. The fraction of sp³-hybridized carbons (Fsp3) is 0.222. The summed E-state index contributed by atoms with van der Waals surface area (Å²) < 4.78 is 1.84. The first-order chi connectivity index (χ1) is 11.5. The topological polar surface area (TPSA) is 46.4 Å². The second-order valence-electron chi connectivity index (χ2n) is 5.70. The molecule has 0 radical (unpaired) electrons. The molecule has 1 N–H and O–H groups in total. The molecule has 1 aromatic carbocycles. The molecule has 4 nitrogen and oxygen atoms in total. The van der Waals surface area contributed by atoms with Crippen molar-refractivity contribution in [3.63, 3.8) is 0 Å². The molecule has 0 bridgehead atoms. The van der Waals surface area contributed by atoms with E-state index in [-0.39, 0.29) is 5.91 Å². The molecular weight excluding hydrogens is 345 g/mol. The molecule has 1 amide bonds. The Labute approximate surface area is 150 Å². The molecule has 2 aromatic heterocycles. The van der Waals surface area contributed by atoms with Gasteiger partial charge in [0.15, 0.2) is 0 Å². The Morgan fingerprint density at radius 3 is 2.58 bits per heavy atom. The lowest BCUT2D eigenvalue weighted by atomic mass is 10.2. The van der Waals surface area contributed by atoms with Crippen molar-refractivity contribution < 1.29 is 4.79 Å². The third kappa shape index (κ3) is 3.40. The largest absolute Gasteiger partial charge is 0.321 e. The molecule has 0 aliphatic carbocycles. The lowest BCUT2D eigenvalue weighted by Gasteiger charge is -2.08. The lowest BCUT2D eigenvalue weighted by molar-refractivity contribution is 0.102. The zero-order valence-corrected chi connectivity index (χ0v) is 14.9. The fourth-order valence-corrected chi connectivity index (χ4v) is 3.19. The summed E-state index contributed by atoms with van der Waals surface area (Å²) in [6, 6.07) is 8.86. The van der Waals surface area contributed by atoms with Crippen molar-refractivity contribution in [3.8, 4) is 0 Å². The number of aromatic nitrogens is 2. The van der Waals surface area contributed by atoms with E-state index in [1.54, 1.807) is 18.2 Å². The summed E-state index contributed by atoms with van der Waals surface area (Å²) in [5, 5.41) is 3.81. The first-order valence-electron chi connectivity index (χ1n) is 7.73. The van der Waals surface area contributed by atoms with Crippen LogP contribution in [0.4, 0.5) is 5.69 Å². The van der Waals surface area contributed by atoms with Crippen molar-refractivity contribution in [1.82, 2.24) is 9.38 Å². The first kappa shape index (κ1) is 16.8. The van der Waals surface area contributed by atoms with Crippen molar-refractivity contribution >= 4 is 40.4 Å². The number of hydrogen-bond donors (Lipinski definition) is 1. The number of amides is 1. The molecule has 6 heteroatoms. The minimum atomic E-state index is -0.227. The predicted molar refractivity (Wildman–Crippen MR) is 98.3 cm³/mol. The molecule has 0 fully saturated rings. The van der Waals surface area contributed by atoms with Crippen LogP contribution in [-0.2, 0) is 6.42 Å². The van der Waals surface area contributed by atoms with Crippen molar-refractivity contribution in [3.05, 3.63) is 63.5 Å². The number of nitrogens with one attached hydrogen (secondary N) is 1. The van der Waals surface area contributed by atoms with Gasteiger partial charge in [0.25, 0.3) is 5.91 Å². The molecule has 0 atom stereocenters. The molecule has 3 rings (SSSR count). The van der Waals surface area contributed by atoms with Crippen LogP contribution in [0, 0.1) is 6.92 Å². The number of rotatable bonds is 4. The Balaban J connectivity index is 2.04. The zero-order valence-electron chi connectivity index (χ0n) is 13.4. The average molecular weight is 362 g/mol. The molecular formula is C18H17Cl2N3O. The van der Waals surface area contributed by atoms with Crippen molar-refractivity contribution in [2.24, 2.45) is 0 Å². The van der Waals surface area contributed by atoms with Gasteiger partial charge in [-0.2, -0.15) is 0 Å². The number of fused-ring (bicyclic) bond motifs is 1. The zero-order chi connectivity index (χ0) is 17.3. The summed E-state index contributed by atoms with van der Waals surface area (Å²) in [4.78, 5) is 17.5. The van der Waals surface area contributed by atoms with Crippen LogP contribution in [0.2, 0.25) is 10.0 Å². The van der Waals surface area contributed by atoms with Gasteiger partial charge in [-0.3, -0.25) is 9.20 Å². The van der Waals surface area contributed by atoms with E-state index < -0.39 is 0 Å². The minimum Gasteiger partial charge on any atom is -0.321 e. The molecule has 24 heavy (non-hydrogen) atoms. The van der Waals surface area contributed by atoms with Gasteiger partial charge in [-0.15, -0.1) is 0 Å². The highest BCUT2D eigenvalue weighted by atomic mass is 35.5. The van der Waals surface area contributed by atoms with Gasteiger partial charge in [0.05, 0.1) is 5.69 Å². The number of halogens is 2. The normalized spacial score (nSPS) is 11.0. The van der Waals surface area contributed by atoms with Crippen LogP contribution in [0.15, 0.2) is 36.5 Å². The number of anilines is 1. The number of pyridine rings is 1. The van der Waals surface area contributed by atoms with Gasteiger partial charge < -0.3 is 5.32 Å². The maximum absolute atomic E-state index is 12.9. The van der Waals surface area contributed by atoms with Gasteiger partial charge in [0.1, 0.15) is 11.3 Å². The van der Waals surface area contributed by atoms with E-state index in [0.717, 1.165) is 29.7 Å². The van der Waals surface area contributed by atoms with Crippen molar-refractivity contribution in [2.45, 2.75) is 26.7 Å². The Morgan fingerprint density at radius 2 is 1.92 bits per heavy atom. The van der Waals surface area contributed by atoms with E-state index in [0.29, 0.717) is 21.4 Å². The summed E-state index contributed by atoms with van der Waals surface area (Å²) in [5.74, 6) is -0.227. The number of carbonyl (C=O) groups excluding carboxylic acids is 1. The molecule has 0 unspecified atom stereocenters. The highest BCUT2D eigenvalue weighted by Gasteiger charge is 2.19. The monoisotopic (exact) mass is 361 g/mol. The summed E-state index contributed by atoms with van der Waals surface area (Å²) in [6.07, 6.45) is 3.56. The van der Waals surface area contributed by atoms with Gasteiger partial charge in [0.2, 0.25) is 0 Å². The van der Waals surface area contributed by atoms with Gasteiger partial charge in [0, 0.05) is 21.9 Å². The molecule has 2 heterocycles. The van der Waals surface area contributed by atoms with E-state index in [1.165, 1.54) is 0 Å². The molecule has 0 saturated carbocycles. The summed E-state index contributed by atoms with van der Waals surface area (Å²) >= 11 is 12.0. The van der Waals surface area contributed by atoms with Crippen LogP contribution in [-0.4, -0.2) is 15.3 Å². The Morgan fingerprint density at radius 1 is 1.21 bits per heavy atom. The third-order valence-corrected chi connectivity index (χ3v) is 4.10. The number of hydrogen-bond acceptors (Lipinski definition) is 2. The SMILES string of the molecule is CCCc1nc2ccc(C)cn2c1C(=O)Nc1cc(Cl)cc(Cl)c1. The summed E-state index contributed by atoms with van der Waals surface area (Å²) in [7, 11) is 0. The molecule has 0 spiro atoms. The van der Waals surface area contributed by atoms with Crippen LogP contribution in [0.25, 0.3) is 5.65 Å². The number of aryl methyl sites for hydroxylation is 2. The first-order valence-corrected chi connectivity index (χ1v) is 8.48. The van der Waals surface area contributed by atoms with Crippen LogP contribution in [0.1, 0.15) is 35.1 Å². The van der Waals surface area contributed by atoms with Gasteiger partial charge in [-0.25, -0.2) is 4.98 Å². The predicted octanol–water partition coefficient (Wildman–Crippen LogP) is 5.15. The van der Waals surface area contributed by atoms with Crippen LogP contribution in [0.3, 0.4) is 0 Å². The summed E-state index contributed by atoms with van der Waals surface area (Å²) in [6.45, 7) is 4.05. The second kappa shape index (κ2) is 6.83. The van der Waals surface area contributed by atoms with Gasteiger partial charge >= 0.3 is 0 Å². The van der Waals surface area contributed by atoms with Crippen molar-refractivity contribution in [1.29, 1.82) is 0 Å². The lowest BCUT2D eigenvalue weighted by Crippen LogP contribution is -2.16. The maximum atomic E-state index is 12.9. The van der Waals surface area contributed by atoms with E-state index in [9.17, 15) is 4.79 Å². The van der Waals surface area contributed by atoms with E-state index in [1.807, 2.05) is 29.7 Å². The van der Waals surface area contributed by atoms with E-state index in [2.05, 4.69) is 17.2 Å². The van der Waals surface area contributed by atoms with E-state index in [4.69, 9.17) is 23.2 Å². The highest BCUT2D eigenvalue weighted by molar-refractivity contribution is 6.35. The fourth-order valence-electron chi connectivity index (χ4n) is 2.67. The van der Waals surface area contributed by atoms with Crippen LogP contribution >= 0.6 is 23.2 Å². The number of nitrogens with zero attached hydrogens (tertiary/aromatic N) is 2. The van der Waals surface area contributed by atoms with Crippen molar-refractivity contribution in [2.75, 3.05) is 5.32 Å². The minimum absolute atomic E-state index is 0.227. The van der Waals surface area contributed by atoms with Crippen LogP contribution < -0.4 is 5.32 Å². The molecule has 0 saturated heterocycles. The summed E-state index contributed by atoms with van der Waals surface area (Å²) in [5.41, 5.74) is 3.71. The molecule has 0 aliphatic heterocycles. The number of imidazole rings is 1. The quantitative estimate of drug-likeness (QED) is 0.697. The molecule has 3 aromatic rings. The number of benzene rings is 1. The van der Waals surface area contributed by atoms with E-state index >= 15 is 0 Å².